The summed E-state index contributed by atoms with van der Waals surface area (Å²) in [6, 6.07) is 5.22. The largest absolute Gasteiger partial charge is 0.420 e. The van der Waals surface area contributed by atoms with E-state index in [0.717, 1.165) is 25.7 Å². The van der Waals surface area contributed by atoms with Crippen molar-refractivity contribution in [2.24, 2.45) is 13.0 Å². The summed E-state index contributed by atoms with van der Waals surface area (Å²) in [7, 11) is 3.37. The van der Waals surface area contributed by atoms with E-state index in [2.05, 4.69) is 32.5 Å². The van der Waals surface area contributed by atoms with E-state index in [4.69, 9.17) is 20.8 Å². The van der Waals surface area contributed by atoms with Gasteiger partial charge in [0, 0.05) is 37.9 Å². The van der Waals surface area contributed by atoms with Crippen molar-refractivity contribution in [1.29, 1.82) is 0 Å². The molecule has 0 radical (unpaired) electrons. The molecule has 3 heterocycles. The van der Waals surface area contributed by atoms with Crippen molar-refractivity contribution in [2.75, 3.05) is 12.4 Å². The summed E-state index contributed by atoms with van der Waals surface area (Å²) in [6.07, 6.45) is 5.18. The van der Waals surface area contributed by atoms with Gasteiger partial charge in [-0.1, -0.05) is 18.5 Å². The lowest BCUT2D eigenvalue weighted by Gasteiger charge is -2.55. The molecule has 33 heavy (non-hydrogen) atoms. The smallest absolute Gasteiger partial charge is 0.322 e. The van der Waals surface area contributed by atoms with Crippen LogP contribution in [0, 0.1) is 5.92 Å². The van der Waals surface area contributed by atoms with Crippen LogP contribution in [0.5, 0.6) is 0 Å². The Morgan fingerprint density at radius 3 is 2.94 bits per heavy atom. The van der Waals surface area contributed by atoms with Crippen LogP contribution in [-0.4, -0.2) is 49.0 Å². The van der Waals surface area contributed by atoms with Crippen LogP contribution in [-0.2, 0) is 23.9 Å². The number of halogens is 1. The van der Waals surface area contributed by atoms with Crippen molar-refractivity contribution in [1.82, 2.24) is 29.9 Å². The molecule has 11 heteroatoms. The number of amides is 2. The van der Waals surface area contributed by atoms with Crippen LogP contribution < -0.4 is 5.32 Å². The SMILES string of the molecule is COCc1nnc(C23C[C@H](C)CC[C@H](C2)N3C(=O)Nc2ccc(Cl)c(-c3ncn(C)n3)c2)o1. The van der Waals surface area contributed by atoms with Gasteiger partial charge in [0.25, 0.3) is 0 Å². The van der Waals surface area contributed by atoms with Gasteiger partial charge in [-0.15, -0.1) is 10.2 Å². The number of nitrogens with one attached hydrogen (secondary N) is 1. The van der Waals surface area contributed by atoms with Gasteiger partial charge in [-0.25, -0.2) is 9.78 Å². The number of hydrogen-bond acceptors (Lipinski definition) is 7. The highest BCUT2D eigenvalue weighted by atomic mass is 35.5. The number of carbonyl (C=O) groups is 1. The van der Waals surface area contributed by atoms with Crippen molar-refractivity contribution >= 4 is 23.3 Å². The van der Waals surface area contributed by atoms with Crippen molar-refractivity contribution in [2.45, 2.75) is 50.8 Å². The number of nitrogens with zero attached hydrogens (tertiary/aromatic N) is 6. The molecule has 3 atom stereocenters. The fourth-order valence-electron chi connectivity index (χ4n) is 5.07. The van der Waals surface area contributed by atoms with Crippen molar-refractivity contribution in [3.63, 3.8) is 0 Å². The molecule has 1 aliphatic heterocycles. The number of rotatable bonds is 5. The van der Waals surface area contributed by atoms with E-state index in [0.29, 0.717) is 39.8 Å². The predicted octanol–water partition coefficient (Wildman–Crippen LogP) is 3.99. The Morgan fingerprint density at radius 1 is 1.33 bits per heavy atom. The average Bonchev–Trinajstić information content (AvgIpc) is 3.33. The highest BCUT2D eigenvalue weighted by molar-refractivity contribution is 6.33. The van der Waals surface area contributed by atoms with Crippen molar-refractivity contribution in [3.05, 3.63) is 41.3 Å². The molecule has 1 aromatic carbocycles. The minimum Gasteiger partial charge on any atom is -0.420 e. The van der Waals surface area contributed by atoms with E-state index in [9.17, 15) is 4.79 Å². The maximum atomic E-state index is 13.5. The Hall–Kier alpha value is -2.98. The lowest BCUT2D eigenvalue weighted by atomic mass is 9.75. The summed E-state index contributed by atoms with van der Waals surface area (Å²) < 4.78 is 12.7. The maximum absolute atomic E-state index is 13.5. The number of aryl methyl sites for hydroxylation is 1. The Balaban J connectivity index is 1.43. The van der Waals surface area contributed by atoms with E-state index < -0.39 is 5.54 Å². The molecular weight excluding hydrogens is 446 g/mol. The average molecular weight is 472 g/mol. The zero-order chi connectivity index (χ0) is 23.2. The van der Waals surface area contributed by atoms with E-state index in [1.165, 1.54) is 0 Å². The minimum absolute atomic E-state index is 0.122. The van der Waals surface area contributed by atoms with Gasteiger partial charge in [0.15, 0.2) is 5.82 Å². The second-order valence-corrected chi connectivity index (χ2v) is 9.35. The molecule has 2 aliphatic rings. The molecular formula is C22H26ClN7O3. The van der Waals surface area contributed by atoms with Gasteiger partial charge in [-0.3, -0.25) is 4.68 Å². The lowest BCUT2D eigenvalue weighted by Crippen LogP contribution is -2.66. The summed E-state index contributed by atoms with van der Waals surface area (Å²) in [5, 5.41) is 16.3. The second kappa shape index (κ2) is 8.42. The predicted molar refractivity (Wildman–Crippen MR) is 120 cm³/mol. The fourth-order valence-corrected chi connectivity index (χ4v) is 5.27. The van der Waals surface area contributed by atoms with Crippen LogP contribution in [0.3, 0.4) is 0 Å². The summed E-state index contributed by atoms with van der Waals surface area (Å²) in [5.74, 6) is 1.82. The zero-order valence-corrected chi connectivity index (χ0v) is 19.5. The third-order valence-electron chi connectivity index (χ3n) is 6.49. The molecule has 2 amide bonds. The second-order valence-electron chi connectivity index (χ2n) is 8.95. The number of urea groups is 1. The molecule has 2 bridgehead atoms. The van der Waals surface area contributed by atoms with Crippen LogP contribution in [0.4, 0.5) is 10.5 Å². The van der Waals surface area contributed by atoms with E-state index in [-0.39, 0.29) is 18.7 Å². The molecule has 0 spiro atoms. The van der Waals surface area contributed by atoms with Crippen LogP contribution in [0.15, 0.2) is 28.9 Å². The highest BCUT2D eigenvalue weighted by Gasteiger charge is 2.60. The van der Waals surface area contributed by atoms with E-state index in [1.54, 1.807) is 43.4 Å². The van der Waals surface area contributed by atoms with E-state index in [1.807, 2.05) is 4.90 Å². The number of fused-ring (bicyclic) bond motifs is 2. The Bertz CT molecular complexity index is 1180. The first kappa shape index (κ1) is 21.8. The first-order chi connectivity index (χ1) is 15.9. The molecule has 2 fully saturated rings. The van der Waals surface area contributed by atoms with Crippen LogP contribution >= 0.6 is 11.6 Å². The topological polar surface area (TPSA) is 111 Å². The number of ether oxygens (including phenoxy) is 1. The number of methoxy groups -OCH3 is 1. The van der Waals surface area contributed by atoms with Gasteiger partial charge in [0.2, 0.25) is 11.8 Å². The number of benzene rings is 1. The van der Waals surface area contributed by atoms with Gasteiger partial charge in [0.1, 0.15) is 18.5 Å². The molecule has 1 unspecified atom stereocenters. The highest BCUT2D eigenvalue weighted by Crippen LogP contribution is 2.53. The minimum atomic E-state index is -0.610. The molecule has 1 saturated carbocycles. The number of aromatic nitrogens is 5. The monoisotopic (exact) mass is 471 g/mol. The third-order valence-corrected chi connectivity index (χ3v) is 6.82. The third kappa shape index (κ3) is 3.87. The molecule has 3 aromatic rings. The Labute approximate surface area is 196 Å². The summed E-state index contributed by atoms with van der Waals surface area (Å²) in [6.45, 7) is 2.44. The Kier molecular flexibility index (Phi) is 5.57. The number of likely N-dealkylation sites (tertiary alicyclic amines) is 1. The molecule has 2 aromatic heterocycles. The lowest BCUT2D eigenvalue weighted by molar-refractivity contribution is -0.0525. The van der Waals surface area contributed by atoms with Crippen LogP contribution in [0.1, 0.15) is 44.4 Å². The zero-order valence-electron chi connectivity index (χ0n) is 18.8. The summed E-state index contributed by atoms with van der Waals surface area (Å²) in [4.78, 5) is 19.7. The van der Waals surface area contributed by atoms with Gasteiger partial charge in [-0.2, -0.15) is 5.10 Å². The molecule has 1 aliphatic carbocycles. The van der Waals surface area contributed by atoms with Crippen molar-refractivity contribution in [3.8, 4) is 11.4 Å². The quantitative estimate of drug-likeness (QED) is 0.598. The van der Waals surface area contributed by atoms with Gasteiger partial charge >= 0.3 is 6.03 Å². The Morgan fingerprint density at radius 2 is 2.18 bits per heavy atom. The molecule has 10 nitrogen and oxygen atoms in total. The van der Waals surface area contributed by atoms with Gasteiger partial charge < -0.3 is 19.4 Å². The van der Waals surface area contributed by atoms with Crippen LogP contribution in [0.2, 0.25) is 5.02 Å². The molecule has 1 N–H and O–H groups in total. The maximum Gasteiger partial charge on any atom is 0.322 e. The number of anilines is 1. The van der Waals surface area contributed by atoms with E-state index >= 15 is 0 Å². The van der Waals surface area contributed by atoms with Crippen molar-refractivity contribution < 1.29 is 13.9 Å². The molecule has 174 valence electrons. The fraction of sp³-hybridized carbons (Fsp3) is 0.500. The number of hydrogen-bond donors (Lipinski definition) is 1. The number of carbonyl (C=O) groups excluding carboxylic acids is 1. The normalized spacial score (nSPS) is 24.3. The van der Waals surface area contributed by atoms with Gasteiger partial charge in [-0.05, 0) is 43.4 Å². The summed E-state index contributed by atoms with van der Waals surface area (Å²) in [5.41, 5.74) is 0.659. The first-order valence-corrected chi connectivity index (χ1v) is 11.3. The molecule has 1 saturated heterocycles. The first-order valence-electron chi connectivity index (χ1n) is 11.0. The van der Waals surface area contributed by atoms with Crippen LogP contribution in [0.25, 0.3) is 11.4 Å². The standard InChI is InChI=1S/C22H26ClN7O3/c1-13-4-6-15-10-22(9-13,20-27-26-18(33-20)11-32-3)30(15)21(31)25-14-5-7-17(23)16(8-14)19-24-12-29(2)28-19/h5,7-8,12-13,15H,4,6,9-11H2,1-3H3,(H,25,31)/t13-,15-,22?/m1/s1. The van der Waals surface area contributed by atoms with Gasteiger partial charge in [0.05, 0.1) is 5.02 Å². The molecule has 5 rings (SSSR count). The summed E-state index contributed by atoms with van der Waals surface area (Å²) >= 11 is 6.37.